The average Bonchev–Trinajstić information content (AvgIpc) is 2.38. The standard InChI is InChI=1S/C16H24BrNO/c1-5-19-15-10-14(16(15,3)4)18-11(2)12-8-6-7-9-13(12)17/h6-9,11,14-15,18H,5,10H2,1-4H3/t11-,14?,15?/m0/s1. The minimum atomic E-state index is 0.214. The molecule has 2 unspecified atom stereocenters. The highest BCUT2D eigenvalue weighted by atomic mass is 79.9. The lowest BCUT2D eigenvalue weighted by molar-refractivity contribution is -0.116. The van der Waals surface area contributed by atoms with Crippen LogP contribution in [0.1, 0.15) is 45.7 Å². The minimum Gasteiger partial charge on any atom is -0.378 e. The Morgan fingerprint density at radius 3 is 2.68 bits per heavy atom. The normalized spacial score (nSPS) is 26.8. The molecule has 1 aliphatic carbocycles. The first-order chi connectivity index (χ1) is 8.96. The summed E-state index contributed by atoms with van der Waals surface area (Å²) in [6, 6.07) is 9.29. The van der Waals surface area contributed by atoms with E-state index in [9.17, 15) is 0 Å². The molecule has 3 heteroatoms. The summed E-state index contributed by atoms with van der Waals surface area (Å²) in [7, 11) is 0. The van der Waals surface area contributed by atoms with Gasteiger partial charge < -0.3 is 10.1 Å². The fraction of sp³-hybridized carbons (Fsp3) is 0.625. The maximum Gasteiger partial charge on any atom is 0.0655 e. The molecule has 1 aliphatic rings. The van der Waals surface area contributed by atoms with Crippen LogP contribution in [0.3, 0.4) is 0 Å². The molecule has 0 heterocycles. The van der Waals surface area contributed by atoms with Gasteiger partial charge in [-0.15, -0.1) is 0 Å². The molecule has 0 aliphatic heterocycles. The molecule has 0 radical (unpaired) electrons. The zero-order chi connectivity index (χ0) is 14.0. The van der Waals surface area contributed by atoms with E-state index in [1.165, 1.54) is 10.0 Å². The van der Waals surface area contributed by atoms with E-state index in [2.05, 4.69) is 73.2 Å². The number of hydrogen-bond acceptors (Lipinski definition) is 2. The summed E-state index contributed by atoms with van der Waals surface area (Å²) < 4.78 is 6.96. The van der Waals surface area contributed by atoms with Crippen LogP contribution in [0.15, 0.2) is 28.7 Å². The lowest BCUT2D eigenvalue weighted by atomic mass is 9.64. The van der Waals surface area contributed by atoms with Crippen molar-refractivity contribution in [2.75, 3.05) is 6.61 Å². The minimum absolute atomic E-state index is 0.214. The van der Waals surface area contributed by atoms with Crippen LogP contribution in [-0.4, -0.2) is 18.8 Å². The van der Waals surface area contributed by atoms with E-state index in [1.54, 1.807) is 0 Å². The van der Waals surface area contributed by atoms with E-state index in [-0.39, 0.29) is 5.41 Å². The lowest BCUT2D eigenvalue weighted by Crippen LogP contribution is -2.61. The highest BCUT2D eigenvalue weighted by molar-refractivity contribution is 9.10. The monoisotopic (exact) mass is 325 g/mol. The molecule has 0 aromatic heterocycles. The topological polar surface area (TPSA) is 21.3 Å². The summed E-state index contributed by atoms with van der Waals surface area (Å²) >= 11 is 3.63. The van der Waals surface area contributed by atoms with Crippen molar-refractivity contribution in [3.8, 4) is 0 Å². The molecule has 0 amide bonds. The Labute approximate surface area is 125 Å². The molecule has 3 atom stereocenters. The van der Waals surface area contributed by atoms with Gasteiger partial charge in [0.15, 0.2) is 0 Å². The molecule has 19 heavy (non-hydrogen) atoms. The third-order valence-electron chi connectivity index (χ3n) is 4.37. The second-order valence-corrected chi connectivity index (χ2v) is 6.82. The van der Waals surface area contributed by atoms with E-state index >= 15 is 0 Å². The molecule has 2 nitrogen and oxygen atoms in total. The smallest absolute Gasteiger partial charge is 0.0655 e. The van der Waals surface area contributed by atoms with Crippen molar-refractivity contribution in [3.05, 3.63) is 34.3 Å². The summed E-state index contributed by atoms with van der Waals surface area (Å²) in [5.41, 5.74) is 1.53. The van der Waals surface area contributed by atoms with Gasteiger partial charge in [0.05, 0.1) is 6.10 Å². The highest BCUT2D eigenvalue weighted by Gasteiger charge is 2.49. The molecule has 1 fully saturated rings. The molecule has 1 aromatic rings. The number of ether oxygens (including phenoxy) is 1. The Hall–Kier alpha value is -0.380. The third-order valence-corrected chi connectivity index (χ3v) is 5.09. The zero-order valence-corrected chi connectivity index (χ0v) is 13.8. The Morgan fingerprint density at radius 1 is 1.42 bits per heavy atom. The molecule has 1 N–H and O–H groups in total. The maximum atomic E-state index is 5.79. The second kappa shape index (κ2) is 5.94. The van der Waals surface area contributed by atoms with Crippen molar-refractivity contribution in [3.63, 3.8) is 0 Å². The fourth-order valence-corrected chi connectivity index (χ4v) is 3.50. The molecule has 0 spiro atoms. The summed E-state index contributed by atoms with van der Waals surface area (Å²) in [6.07, 6.45) is 1.50. The van der Waals surface area contributed by atoms with Crippen molar-refractivity contribution in [2.45, 2.75) is 52.3 Å². The van der Waals surface area contributed by atoms with Crippen LogP contribution in [0, 0.1) is 5.41 Å². The third kappa shape index (κ3) is 3.04. The highest BCUT2D eigenvalue weighted by Crippen LogP contribution is 2.43. The van der Waals surface area contributed by atoms with Gasteiger partial charge in [-0.3, -0.25) is 0 Å². The molecular formula is C16H24BrNO. The number of halogens is 1. The van der Waals surface area contributed by atoms with Gasteiger partial charge in [-0.05, 0) is 31.9 Å². The van der Waals surface area contributed by atoms with E-state index in [0.717, 1.165) is 13.0 Å². The van der Waals surface area contributed by atoms with Gasteiger partial charge in [-0.25, -0.2) is 0 Å². The molecule has 1 aromatic carbocycles. The summed E-state index contributed by atoms with van der Waals surface area (Å²) in [5.74, 6) is 0. The average molecular weight is 326 g/mol. The molecule has 0 bridgehead atoms. The Morgan fingerprint density at radius 2 is 2.11 bits per heavy atom. The van der Waals surface area contributed by atoms with E-state index in [4.69, 9.17) is 4.74 Å². The summed E-state index contributed by atoms with van der Waals surface area (Å²) in [5, 5.41) is 3.74. The maximum absolute atomic E-state index is 5.79. The second-order valence-electron chi connectivity index (χ2n) is 5.96. The Bertz CT molecular complexity index is 433. The van der Waals surface area contributed by atoms with Crippen LogP contribution in [0.2, 0.25) is 0 Å². The zero-order valence-electron chi connectivity index (χ0n) is 12.2. The van der Waals surface area contributed by atoms with Crippen LogP contribution >= 0.6 is 15.9 Å². The van der Waals surface area contributed by atoms with Gasteiger partial charge in [-0.2, -0.15) is 0 Å². The first-order valence-electron chi connectivity index (χ1n) is 7.09. The number of rotatable bonds is 5. The first-order valence-corrected chi connectivity index (χ1v) is 7.88. The van der Waals surface area contributed by atoms with Gasteiger partial charge in [-0.1, -0.05) is 48.0 Å². The van der Waals surface area contributed by atoms with Gasteiger partial charge in [0.2, 0.25) is 0 Å². The SMILES string of the molecule is CCOC1CC(N[C@@H](C)c2ccccc2Br)C1(C)C. The van der Waals surface area contributed by atoms with Crippen LogP contribution in [0.25, 0.3) is 0 Å². The number of nitrogens with one attached hydrogen (secondary N) is 1. The summed E-state index contributed by atoms with van der Waals surface area (Å²) in [6.45, 7) is 9.69. The lowest BCUT2D eigenvalue weighted by Gasteiger charge is -2.52. The molecular weight excluding hydrogens is 302 g/mol. The number of benzene rings is 1. The van der Waals surface area contributed by atoms with Crippen LogP contribution in [0.4, 0.5) is 0 Å². The quantitative estimate of drug-likeness (QED) is 0.871. The number of hydrogen-bond donors (Lipinski definition) is 1. The fourth-order valence-electron chi connectivity index (χ4n) is 2.87. The van der Waals surface area contributed by atoms with Gasteiger partial charge >= 0.3 is 0 Å². The van der Waals surface area contributed by atoms with Crippen molar-refractivity contribution >= 4 is 15.9 Å². The van der Waals surface area contributed by atoms with Gasteiger partial charge in [0, 0.05) is 28.6 Å². The first kappa shape index (κ1) is 15.0. The largest absolute Gasteiger partial charge is 0.378 e. The molecule has 2 rings (SSSR count). The van der Waals surface area contributed by atoms with Crippen molar-refractivity contribution in [2.24, 2.45) is 5.41 Å². The van der Waals surface area contributed by atoms with E-state index < -0.39 is 0 Å². The van der Waals surface area contributed by atoms with Crippen LogP contribution in [0.5, 0.6) is 0 Å². The summed E-state index contributed by atoms with van der Waals surface area (Å²) in [4.78, 5) is 0. The van der Waals surface area contributed by atoms with Gasteiger partial charge in [0.25, 0.3) is 0 Å². The molecule has 106 valence electrons. The van der Waals surface area contributed by atoms with Gasteiger partial charge in [0.1, 0.15) is 0 Å². The van der Waals surface area contributed by atoms with E-state index in [0.29, 0.717) is 18.2 Å². The van der Waals surface area contributed by atoms with E-state index in [1.807, 2.05) is 0 Å². The Balaban J connectivity index is 1.98. The van der Waals surface area contributed by atoms with Crippen molar-refractivity contribution < 1.29 is 4.74 Å². The predicted octanol–water partition coefficient (Wildman–Crippen LogP) is 4.30. The van der Waals surface area contributed by atoms with Crippen molar-refractivity contribution in [1.82, 2.24) is 5.32 Å². The predicted molar refractivity (Wildman–Crippen MR) is 83.3 cm³/mol. The molecule has 0 saturated heterocycles. The Kier molecular flexibility index (Phi) is 4.70. The van der Waals surface area contributed by atoms with Crippen molar-refractivity contribution in [1.29, 1.82) is 0 Å². The molecule has 1 saturated carbocycles. The van der Waals surface area contributed by atoms with Crippen LogP contribution < -0.4 is 5.32 Å². The van der Waals surface area contributed by atoms with Crippen LogP contribution in [-0.2, 0) is 4.74 Å².